The van der Waals surface area contributed by atoms with Crippen molar-refractivity contribution in [2.75, 3.05) is 16.8 Å². The van der Waals surface area contributed by atoms with E-state index in [1.807, 2.05) is 67.6 Å². The molecule has 1 aliphatic rings. The van der Waals surface area contributed by atoms with Crippen molar-refractivity contribution in [2.24, 2.45) is 0 Å². The fraction of sp³-hybridized carbons (Fsp3) is 0.167. The second kappa shape index (κ2) is 7.80. The molecule has 3 aromatic rings. The largest absolute Gasteiger partial charge is 0.494 e. The summed E-state index contributed by atoms with van der Waals surface area (Å²) in [5, 5.41) is 3.44. The van der Waals surface area contributed by atoms with Gasteiger partial charge in [0.15, 0.2) is 5.78 Å². The lowest BCUT2D eigenvalue weighted by atomic mass is 10.1. The number of benzene rings is 3. The molecule has 0 saturated carbocycles. The van der Waals surface area contributed by atoms with Crippen LogP contribution in [0.25, 0.3) is 0 Å². The standard InChI is InChI=1S/C24H22N2O3/c1-3-29-20-14-12-19(13-15-20)26-23(21-6-4-5-7-22(21)24(26)28)25-18-10-8-17(9-11-18)16(2)27/h4-15,23,25H,3H2,1-2H3/t23-/m1/s1. The van der Waals surface area contributed by atoms with E-state index in [2.05, 4.69) is 5.32 Å². The van der Waals surface area contributed by atoms with Gasteiger partial charge in [-0.25, -0.2) is 0 Å². The summed E-state index contributed by atoms with van der Waals surface area (Å²) in [6.45, 7) is 4.07. The first-order chi connectivity index (χ1) is 14.1. The molecule has 0 unspecified atom stereocenters. The van der Waals surface area contributed by atoms with Gasteiger partial charge < -0.3 is 10.1 Å². The smallest absolute Gasteiger partial charge is 0.260 e. The summed E-state index contributed by atoms with van der Waals surface area (Å²) in [4.78, 5) is 26.4. The van der Waals surface area contributed by atoms with Crippen molar-refractivity contribution in [2.45, 2.75) is 20.0 Å². The summed E-state index contributed by atoms with van der Waals surface area (Å²) in [5.41, 5.74) is 3.87. The summed E-state index contributed by atoms with van der Waals surface area (Å²) in [7, 11) is 0. The number of rotatable bonds is 6. The van der Waals surface area contributed by atoms with Crippen LogP contribution in [-0.2, 0) is 0 Å². The van der Waals surface area contributed by atoms with E-state index in [1.54, 1.807) is 24.0 Å². The van der Waals surface area contributed by atoms with Crippen LogP contribution >= 0.6 is 0 Å². The first kappa shape index (κ1) is 18.7. The fourth-order valence-corrected chi connectivity index (χ4v) is 3.55. The number of amides is 1. The molecule has 0 fully saturated rings. The number of fused-ring (bicyclic) bond motifs is 1. The van der Waals surface area contributed by atoms with E-state index in [4.69, 9.17) is 4.74 Å². The van der Waals surface area contributed by atoms with Gasteiger partial charge in [-0.15, -0.1) is 0 Å². The lowest BCUT2D eigenvalue weighted by molar-refractivity contribution is 0.0990. The summed E-state index contributed by atoms with van der Waals surface area (Å²) in [6, 6.07) is 22.4. The van der Waals surface area contributed by atoms with Crippen molar-refractivity contribution in [3.8, 4) is 5.75 Å². The fourth-order valence-electron chi connectivity index (χ4n) is 3.55. The quantitative estimate of drug-likeness (QED) is 0.602. The van der Waals surface area contributed by atoms with Gasteiger partial charge in [-0.2, -0.15) is 0 Å². The average Bonchev–Trinajstić information content (AvgIpc) is 3.01. The van der Waals surface area contributed by atoms with Crippen LogP contribution in [0.5, 0.6) is 5.75 Å². The molecule has 0 spiro atoms. The molecule has 0 aliphatic carbocycles. The number of ketones is 1. The van der Waals surface area contributed by atoms with Gasteiger partial charge in [-0.3, -0.25) is 14.5 Å². The van der Waals surface area contributed by atoms with E-state index >= 15 is 0 Å². The van der Waals surface area contributed by atoms with Crippen molar-refractivity contribution in [1.82, 2.24) is 0 Å². The first-order valence-corrected chi connectivity index (χ1v) is 9.61. The average molecular weight is 386 g/mol. The molecule has 5 heteroatoms. The third-order valence-electron chi connectivity index (χ3n) is 4.98. The Kier molecular flexibility index (Phi) is 5.04. The highest BCUT2D eigenvalue weighted by Crippen LogP contribution is 2.38. The third-order valence-corrected chi connectivity index (χ3v) is 4.98. The van der Waals surface area contributed by atoms with Crippen LogP contribution in [0, 0.1) is 0 Å². The molecule has 5 nitrogen and oxygen atoms in total. The van der Waals surface area contributed by atoms with E-state index in [0.29, 0.717) is 17.7 Å². The summed E-state index contributed by atoms with van der Waals surface area (Å²) >= 11 is 0. The molecule has 1 amide bonds. The zero-order chi connectivity index (χ0) is 20.4. The van der Waals surface area contributed by atoms with E-state index in [9.17, 15) is 9.59 Å². The molecule has 0 saturated heterocycles. The Morgan fingerprint density at radius 2 is 1.69 bits per heavy atom. The highest BCUT2D eigenvalue weighted by atomic mass is 16.5. The van der Waals surface area contributed by atoms with Crippen LogP contribution in [0.1, 0.15) is 46.3 Å². The monoisotopic (exact) mass is 386 g/mol. The molecule has 1 heterocycles. The lowest BCUT2D eigenvalue weighted by Gasteiger charge is -2.27. The van der Waals surface area contributed by atoms with Gasteiger partial charge >= 0.3 is 0 Å². The molecule has 4 rings (SSSR count). The van der Waals surface area contributed by atoms with Crippen LogP contribution in [0.2, 0.25) is 0 Å². The number of Topliss-reactive ketones (excluding diaryl/α,β-unsaturated/α-hetero) is 1. The predicted octanol–water partition coefficient (Wildman–Crippen LogP) is 5.06. The highest BCUT2D eigenvalue weighted by molar-refractivity contribution is 6.11. The Morgan fingerprint density at radius 3 is 2.34 bits per heavy atom. The van der Waals surface area contributed by atoms with Crippen LogP contribution in [-0.4, -0.2) is 18.3 Å². The maximum Gasteiger partial charge on any atom is 0.260 e. The number of ether oxygens (including phenoxy) is 1. The van der Waals surface area contributed by atoms with E-state index in [1.165, 1.54) is 0 Å². The Balaban J connectivity index is 1.69. The predicted molar refractivity (Wildman–Crippen MR) is 114 cm³/mol. The molecule has 1 N–H and O–H groups in total. The number of carbonyl (C=O) groups excluding carboxylic acids is 2. The van der Waals surface area contributed by atoms with Crippen molar-refractivity contribution in [3.63, 3.8) is 0 Å². The maximum absolute atomic E-state index is 13.2. The van der Waals surface area contributed by atoms with Gasteiger partial charge in [0.25, 0.3) is 5.91 Å². The van der Waals surface area contributed by atoms with Gasteiger partial charge in [-0.05, 0) is 68.4 Å². The Hall–Kier alpha value is -3.60. The van der Waals surface area contributed by atoms with Crippen molar-refractivity contribution < 1.29 is 14.3 Å². The van der Waals surface area contributed by atoms with Crippen molar-refractivity contribution >= 4 is 23.1 Å². The minimum Gasteiger partial charge on any atom is -0.494 e. The highest BCUT2D eigenvalue weighted by Gasteiger charge is 2.37. The minimum absolute atomic E-state index is 0.0222. The van der Waals surface area contributed by atoms with E-state index in [-0.39, 0.29) is 17.9 Å². The Bertz CT molecular complexity index is 1040. The zero-order valence-corrected chi connectivity index (χ0v) is 16.4. The number of nitrogens with one attached hydrogen (secondary N) is 1. The molecule has 0 bridgehead atoms. The van der Waals surface area contributed by atoms with Gasteiger partial charge in [0, 0.05) is 28.1 Å². The molecule has 0 aromatic heterocycles. The maximum atomic E-state index is 13.2. The zero-order valence-electron chi connectivity index (χ0n) is 16.4. The molecule has 3 aromatic carbocycles. The number of hydrogen-bond acceptors (Lipinski definition) is 4. The second-order valence-corrected chi connectivity index (χ2v) is 6.87. The first-order valence-electron chi connectivity index (χ1n) is 9.61. The van der Waals surface area contributed by atoms with E-state index in [0.717, 1.165) is 22.7 Å². The third kappa shape index (κ3) is 3.59. The van der Waals surface area contributed by atoms with Gasteiger partial charge in [0.05, 0.1) is 6.61 Å². The molecular weight excluding hydrogens is 364 g/mol. The summed E-state index contributed by atoms with van der Waals surface area (Å²) in [5.74, 6) is 0.737. The van der Waals surface area contributed by atoms with Crippen molar-refractivity contribution in [1.29, 1.82) is 0 Å². The SMILES string of the molecule is CCOc1ccc(N2C(=O)c3ccccc3[C@@H]2Nc2ccc(C(C)=O)cc2)cc1. The molecule has 0 radical (unpaired) electrons. The molecule has 1 aliphatic heterocycles. The molecular formula is C24H22N2O3. The molecule has 29 heavy (non-hydrogen) atoms. The minimum atomic E-state index is -0.347. The Morgan fingerprint density at radius 1 is 1.00 bits per heavy atom. The van der Waals surface area contributed by atoms with Gasteiger partial charge in [0.2, 0.25) is 0 Å². The van der Waals surface area contributed by atoms with Gasteiger partial charge in [0.1, 0.15) is 11.9 Å². The van der Waals surface area contributed by atoms with Crippen molar-refractivity contribution in [3.05, 3.63) is 89.5 Å². The van der Waals surface area contributed by atoms with Gasteiger partial charge in [-0.1, -0.05) is 18.2 Å². The van der Waals surface area contributed by atoms with Crippen LogP contribution < -0.4 is 15.0 Å². The number of hydrogen-bond donors (Lipinski definition) is 1. The molecule has 146 valence electrons. The van der Waals surface area contributed by atoms with Crippen LogP contribution in [0.15, 0.2) is 72.8 Å². The summed E-state index contributed by atoms with van der Waals surface area (Å²) in [6.07, 6.45) is -0.347. The topological polar surface area (TPSA) is 58.6 Å². The van der Waals surface area contributed by atoms with Crippen LogP contribution in [0.4, 0.5) is 11.4 Å². The number of anilines is 2. The lowest BCUT2D eigenvalue weighted by Crippen LogP contribution is -2.32. The number of nitrogens with zero attached hydrogens (tertiary/aromatic N) is 1. The van der Waals surface area contributed by atoms with Crippen LogP contribution in [0.3, 0.4) is 0 Å². The molecule has 1 atom stereocenters. The summed E-state index contributed by atoms with van der Waals surface area (Å²) < 4.78 is 5.52. The second-order valence-electron chi connectivity index (χ2n) is 6.87. The number of carbonyl (C=O) groups is 2. The normalized spacial score (nSPS) is 15.2. The Labute approximate surface area is 169 Å². The van der Waals surface area contributed by atoms with E-state index < -0.39 is 0 Å².